The van der Waals surface area contributed by atoms with Crippen molar-refractivity contribution in [1.82, 2.24) is 4.90 Å². The minimum absolute atomic E-state index is 0.0964. The van der Waals surface area contributed by atoms with E-state index in [1.807, 2.05) is 26.1 Å². The monoisotopic (exact) mass is 270 g/mol. The summed E-state index contributed by atoms with van der Waals surface area (Å²) >= 11 is 0. The van der Waals surface area contributed by atoms with Crippen molar-refractivity contribution in [3.05, 3.63) is 48.0 Å². The molecule has 1 amide bonds. The van der Waals surface area contributed by atoms with Gasteiger partial charge in [0, 0.05) is 26.1 Å². The lowest BCUT2D eigenvalue weighted by Crippen LogP contribution is -2.39. The highest BCUT2D eigenvalue weighted by atomic mass is 16.2. The average molecular weight is 270 g/mol. The molecule has 0 bridgehead atoms. The summed E-state index contributed by atoms with van der Waals surface area (Å²) in [6.45, 7) is 2.46. The Kier molecular flexibility index (Phi) is 4.74. The van der Waals surface area contributed by atoms with Gasteiger partial charge < -0.3 is 10.6 Å². The summed E-state index contributed by atoms with van der Waals surface area (Å²) in [4.78, 5) is 13.8. The van der Waals surface area contributed by atoms with Gasteiger partial charge in [-0.2, -0.15) is 0 Å². The highest BCUT2D eigenvalue weighted by Gasteiger charge is 2.13. The Balaban J connectivity index is 2.00. The molecule has 0 spiro atoms. The Labute approximate surface area is 120 Å². The van der Waals surface area contributed by atoms with Crippen LogP contribution < -0.4 is 5.73 Å². The van der Waals surface area contributed by atoms with Gasteiger partial charge in [-0.1, -0.05) is 42.5 Å². The first-order valence-electron chi connectivity index (χ1n) is 7.05. The van der Waals surface area contributed by atoms with Crippen molar-refractivity contribution in [2.75, 3.05) is 13.6 Å². The van der Waals surface area contributed by atoms with E-state index in [-0.39, 0.29) is 11.9 Å². The molecule has 2 aromatic carbocycles. The molecule has 2 aromatic rings. The number of hydrogen-bond acceptors (Lipinski definition) is 2. The normalized spacial score (nSPS) is 12.3. The maximum Gasteiger partial charge on any atom is 0.222 e. The number of carbonyl (C=O) groups excluding carboxylic acids is 1. The van der Waals surface area contributed by atoms with Crippen molar-refractivity contribution in [3.8, 4) is 0 Å². The van der Waals surface area contributed by atoms with Gasteiger partial charge in [0.2, 0.25) is 5.91 Å². The number of benzene rings is 2. The molecule has 0 radical (unpaired) electrons. The van der Waals surface area contributed by atoms with Gasteiger partial charge in [0.25, 0.3) is 0 Å². The molecule has 2 rings (SSSR count). The third kappa shape index (κ3) is 3.36. The number of likely N-dealkylation sites (N-methyl/N-ethyl adjacent to an activating group) is 1. The van der Waals surface area contributed by atoms with Crippen molar-refractivity contribution in [1.29, 1.82) is 0 Å². The molecule has 0 saturated carbocycles. The van der Waals surface area contributed by atoms with E-state index < -0.39 is 0 Å². The molecule has 0 aliphatic carbocycles. The Bertz CT molecular complexity index is 594. The molecule has 3 heteroatoms. The molecule has 0 aromatic heterocycles. The van der Waals surface area contributed by atoms with Gasteiger partial charge in [-0.15, -0.1) is 0 Å². The van der Waals surface area contributed by atoms with E-state index in [0.29, 0.717) is 13.0 Å². The molecule has 0 fully saturated rings. The maximum atomic E-state index is 12.1. The molecule has 1 unspecified atom stereocenters. The lowest BCUT2D eigenvalue weighted by Gasteiger charge is -2.23. The van der Waals surface area contributed by atoms with Crippen LogP contribution in [0.5, 0.6) is 0 Å². The maximum absolute atomic E-state index is 12.1. The largest absolute Gasteiger partial charge is 0.342 e. The Hall–Kier alpha value is -1.87. The quantitative estimate of drug-likeness (QED) is 0.907. The molecule has 2 N–H and O–H groups in total. The van der Waals surface area contributed by atoms with Gasteiger partial charge in [-0.3, -0.25) is 4.79 Å². The first kappa shape index (κ1) is 14.5. The molecule has 1 atom stereocenters. The highest BCUT2D eigenvalue weighted by molar-refractivity contribution is 5.83. The van der Waals surface area contributed by atoms with Gasteiger partial charge in [-0.05, 0) is 29.7 Å². The van der Waals surface area contributed by atoms with E-state index in [2.05, 4.69) is 30.3 Å². The van der Waals surface area contributed by atoms with E-state index in [0.717, 1.165) is 6.42 Å². The second-order valence-corrected chi connectivity index (χ2v) is 5.27. The predicted octanol–water partition coefficient (Wildman–Crippen LogP) is 2.58. The first-order chi connectivity index (χ1) is 9.61. The van der Waals surface area contributed by atoms with E-state index in [9.17, 15) is 4.79 Å². The van der Waals surface area contributed by atoms with Gasteiger partial charge in [-0.25, -0.2) is 0 Å². The lowest BCUT2D eigenvalue weighted by atomic mass is 10.0. The van der Waals surface area contributed by atoms with Crippen LogP contribution in [0.4, 0.5) is 0 Å². The van der Waals surface area contributed by atoms with Crippen LogP contribution in [0.25, 0.3) is 10.8 Å². The highest BCUT2D eigenvalue weighted by Crippen LogP contribution is 2.17. The summed E-state index contributed by atoms with van der Waals surface area (Å²) in [5.41, 5.74) is 6.79. The molecular weight excluding hydrogens is 248 g/mol. The van der Waals surface area contributed by atoms with Crippen LogP contribution in [-0.4, -0.2) is 30.4 Å². The standard InChI is InChI=1S/C17H22N2O/c1-13(12-18)19(2)17(20)10-8-14-7-9-15-5-3-4-6-16(15)11-14/h3-7,9,11,13H,8,10,12,18H2,1-2H3. The summed E-state index contributed by atoms with van der Waals surface area (Å²) in [5, 5.41) is 2.46. The van der Waals surface area contributed by atoms with Gasteiger partial charge in [0.1, 0.15) is 0 Å². The SMILES string of the molecule is CC(CN)N(C)C(=O)CCc1ccc2ccccc2c1. The van der Waals surface area contributed by atoms with Crippen molar-refractivity contribution in [2.24, 2.45) is 5.73 Å². The molecule has 106 valence electrons. The number of amides is 1. The second-order valence-electron chi connectivity index (χ2n) is 5.27. The molecule has 3 nitrogen and oxygen atoms in total. The summed E-state index contributed by atoms with van der Waals surface area (Å²) in [6.07, 6.45) is 1.30. The molecular formula is C17H22N2O. The van der Waals surface area contributed by atoms with Crippen molar-refractivity contribution in [3.63, 3.8) is 0 Å². The fourth-order valence-corrected chi connectivity index (χ4v) is 2.23. The first-order valence-corrected chi connectivity index (χ1v) is 7.05. The van der Waals surface area contributed by atoms with Crippen LogP contribution in [0.3, 0.4) is 0 Å². The number of aryl methyl sites for hydroxylation is 1. The predicted molar refractivity (Wildman–Crippen MR) is 83.6 cm³/mol. The fraction of sp³-hybridized carbons (Fsp3) is 0.353. The third-order valence-electron chi connectivity index (χ3n) is 3.84. The second kappa shape index (κ2) is 6.53. The van der Waals surface area contributed by atoms with E-state index in [4.69, 9.17) is 5.73 Å². The molecule has 0 heterocycles. The molecule has 20 heavy (non-hydrogen) atoms. The fourth-order valence-electron chi connectivity index (χ4n) is 2.23. The van der Waals surface area contributed by atoms with Crippen molar-refractivity contribution in [2.45, 2.75) is 25.8 Å². The summed E-state index contributed by atoms with van der Waals surface area (Å²) in [5.74, 6) is 0.149. The third-order valence-corrected chi connectivity index (χ3v) is 3.84. The van der Waals surface area contributed by atoms with Crippen LogP contribution in [0.2, 0.25) is 0 Å². The van der Waals surface area contributed by atoms with Crippen LogP contribution in [0.1, 0.15) is 18.9 Å². The average Bonchev–Trinajstić information content (AvgIpc) is 2.50. The number of fused-ring (bicyclic) bond motifs is 1. The number of rotatable bonds is 5. The number of nitrogens with zero attached hydrogens (tertiary/aromatic N) is 1. The molecule has 0 saturated heterocycles. The zero-order chi connectivity index (χ0) is 14.5. The van der Waals surface area contributed by atoms with Gasteiger partial charge >= 0.3 is 0 Å². The van der Waals surface area contributed by atoms with Crippen LogP contribution in [0.15, 0.2) is 42.5 Å². The van der Waals surface area contributed by atoms with Crippen LogP contribution in [-0.2, 0) is 11.2 Å². The number of carbonyl (C=O) groups is 1. The van der Waals surface area contributed by atoms with E-state index in [1.165, 1.54) is 16.3 Å². The van der Waals surface area contributed by atoms with Gasteiger partial charge in [0.05, 0.1) is 0 Å². The van der Waals surface area contributed by atoms with Gasteiger partial charge in [0.15, 0.2) is 0 Å². The van der Waals surface area contributed by atoms with Crippen molar-refractivity contribution >= 4 is 16.7 Å². The van der Waals surface area contributed by atoms with E-state index >= 15 is 0 Å². The Morgan fingerprint density at radius 1 is 1.20 bits per heavy atom. The number of nitrogens with two attached hydrogens (primary N) is 1. The zero-order valence-electron chi connectivity index (χ0n) is 12.2. The minimum atomic E-state index is 0.0964. The molecule has 0 aliphatic rings. The summed E-state index contributed by atoms with van der Waals surface area (Å²) < 4.78 is 0. The van der Waals surface area contributed by atoms with Crippen LogP contribution in [0, 0.1) is 0 Å². The summed E-state index contributed by atoms with van der Waals surface area (Å²) in [7, 11) is 1.82. The van der Waals surface area contributed by atoms with Crippen molar-refractivity contribution < 1.29 is 4.79 Å². The lowest BCUT2D eigenvalue weighted by molar-refractivity contribution is -0.131. The Morgan fingerprint density at radius 2 is 1.90 bits per heavy atom. The summed E-state index contributed by atoms with van der Waals surface area (Å²) in [6, 6.07) is 14.7. The topological polar surface area (TPSA) is 46.3 Å². The smallest absolute Gasteiger partial charge is 0.222 e. The zero-order valence-corrected chi connectivity index (χ0v) is 12.2. The number of hydrogen-bond donors (Lipinski definition) is 1. The molecule has 0 aliphatic heterocycles. The van der Waals surface area contributed by atoms with Crippen LogP contribution >= 0.6 is 0 Å². The van der Waals surface area contributed by atoms with E-state index in [1.54, 1.807) is 4.90 Å². The minimum Gasteiger partial charge on any atom is -0.342 e. The Morgan fingerprint density at radius 3 is 2.60 bits per heavy atom.